The molecular weight excluding hydrogens is 750 g/mol. The number of ether oxygens (including phenoxy) is 5. The molecule has 5 bridgehead atoms. The minimum Gasteiger partial charge on any atom is -0.462 e. The van der Waals surface area contributed by atoms with Gasteiger partial charge in [0.15, 0.2) is 5.78 Å². The summed E-state index contributed by atoms with van der Waals surface area (Å²) in [6.07, 6.45) is 8.15. The van der Waals surface area contributed by atoms with Crippen LogP contribution in [0.15, 0.2) is 47.9 Å². The maximum atomic E-state index is 14.3. The van der Waals surface area contributed by atoms with Gasteiger partial charge in [0.25, 0.3) is 11.7 Å². The lowest BCUT2D eigenvalue weighted by Crippen LogP contribution is -2.46. The second-order valence-electron chi connectivity index (χ2n) is 16.1. The third-order valence-electron chi connectivity index (χ3n) is 11.9. The van der Waals surface area contributed by atoms with Crippen LogP contribution in [0.5, 0.6) is 11.5 Å². The number of carbonyl (C=O) groups excluding carboxylic acids is 6. The lowest BCUT2D eigenvalue weighted by molar-refractivity contribution is -0.160. The molecule has 3 heterocycles. The fourth-order valence-corrected chi connectivity index (χ4v) is 8.26. The minimum absolute atomic E-state index is 0.105. The molecule has 1 aromatic rings. The first-order valence-electron chi connectivity index (χ1n) is 19.9. The number of carbonyl (C=O) groups is 6. The van der Waals surface area contributed by atoms with Crippen molar-refractivity contribution in [2.24, 2.45) is 29.6 Å². The summed E-state index contributed by atoms with van der Waals surface area (Å²) in [5.41, 5.74) is -1.07. The Balaban J connectivity index is 1.63. The van der Waals surface area contributed by atoms with E-state index in [4.69, 9.17) is 23.7 Å². The normalized spacial score (nSPS) is 33.2. The van der Waals surface area contributed by atoms with Crippen LogP contribution in [0.1, 0.15) is 117 Å². The molecular formula is C44H55NO13. The molecule has 14 heteroatoms. The highest BCUT2D eigenvalue weighted by atomic mass is 16.7. The third-order valence-corrected chi connectivity index (χ3v) is 11.9. The van der Waals surface area contributed by atoms with Gasteiger partial charge < -0.3 is 39.2 Å². The summed E-state index contributed by atoms with van der Waals surface area (Å²) in [7, 11) is 1.43. The lowest BCUT2D eigenvalue weighted by Gasteiger charge is -2.38. The molecule has 0 aromatic heterocycles. The highest BCUT2D eigenvalue weighted by Crippen LogP contribution is 2.48. The quantitative estimate of drug-likeness (QED) is 0.258. The summed E-state index contributed by atoms with van der Waals surface area (Å²) in [6.45, 7) is 12.5. The van der Waals surface area contributed by atoms with Crippen molar-refractivity contribution in [3.8, 4) is 11.5 Å². The molecule has 3 N–H and O–H groups in total. The Morgan fingerprint density at radius 3 is 2.21 bits per heavy atom. The van der Waals surface area contributed by atoms with Crippen LogP contribution < -0.4 is 14.8 Å². The van der Waals surface area contributed by atoms with E-state index in [-0.39, 0.29) is 45.0 Å². The van der Waals surface area contributed by atoms with Crippen molar-refractivity contribution in [2.45, 2.75) is 118 Å². The highest BCUT2D eigenvalue weighted by molar-refractivity contribution is 6.31. The van der Waals surface area contributed by atoms with E-state index in [1.807, 2.05) is 0 Å². The van der Waals surface area contributed by atoms with Crippen LogP contribution >= 0.6 is 0 Å². The molecule has 0 spiro atoms. The van der Waals surface area contributed by atoms with E-state index in [9.17, 15) is 39.0 Å². The zero-order valence-electron chi connectivity index (χ0n) is 34.6. The molecule has 0 saturated heterocycles. The number of amides is 1. The van der Waals surface area contributed by atoms with Crippen molar-refractivity contribution in [2.75, 3.05) is 7.11 Å². The van der Waals surface area contributed by atoms with E-state index in [2.05, 4.69) is 5.32 Å². The molecule has 1 amide bonds. The monoisotopic (exact) mass is 805 g/mol. The standard InChI is InChI=1S/C44H55NO13/c1-21-14-13-15-22(2)42(52)45-29-20-30(47)32-33(37(29)50)39(57-43(53)28-16-11-10-12-17-28)26(6)40-34(32)41(51)44(8,58-40)55-19-18-31(54-9)23(3)38(56-27(7)46)25(5)36(49)24(4)35(21)48/h13-15,18-21,23-25,28,31,35-36,38,48-49H,10-12,16-17H2,1-9H3,(H,45,52)/b14-13+,19-18+,22-15-. The average Bonchev–Trinajstić information content (AvgIpc) is 3.46. The smallest absolute Gasteiger partial charge is 0.314 e. The second-order valence-corrected chi connectivity index (χ2v) is 16.1. The molecule has 1 saturated carbocycles. The van der Waals surface area contributed by atoms with Crippen molar-refractivity contribution in [3.05, 3.63) is 70.2 Å². The SMILES string of the molecule is COC1/C=C/OC2(C)Oc3c(C)c(OC(=O)C4CCCCC4)c4c(c3C2=O)C(=O)C=C(NC(=O)/C(C)=C\C=C\C(C)C(O)C(C)C(O)C(C)C(OC(C)=O)C1C)C4=O. The van der Waals surface area contributed by atoms with Gasteiger partial charge in [0.2, 0.25) is 5.78 Å². The van der Waals surface area contributed by atoms with Gasteiger partial charge in [-0.25, -0.2) is 0 Å². The molecule has 314 valence electrons. The van der Waals surface area contributed by atoms with Crippen molar-refractivity contribution in [1.29, 1.82) is 0 Å². The Hall–Kier alpha value is -4.92. The number of hydrogen-bond donors (Lipinski definition) is 3. The van der Waals surface area contributed by atoms with Gasteiger partial charge in [0.1, 0.15) is 17.6 Å². The first-order valence-corrected chi connectivity index (χ1v) is 19.9. The van der Waals surface area contributed by atoms with E-state index in [0.717, 1.165) is 25.3 Å². The highest BCUT2D eigenvalue weighted by Gasteiger charge is 2.52. The van der Waals surface area contributed by atoms with Crippen LogP contribution in [0, 0.1) is 36.5 Å². The summed E-state index contributed by atoms with van der Waals surface area (Å²) in [5.74, 6) is -9.72. The number of aliphatic hydroxyl groups excluding tert-OH is 2. The Morgan fingerprint density at radius 1 is 0.897 bits per heavy atom. The van der Waals surface area contributed by atoms with Crippen molar-refractivity contribution in [3.63, 3.8) is 0 Å². The van der Waals surface area contributed by atoms with Crippen LogP contribution in [0.25, 0.3) is 0 Å². The molecule has 0 radical (unpaired) electrons. The number of nitrogens with one attached hydrogen (secondary N) is 1. The fraction of sp³-hybridized carbons (Fsp3) is 0.545. The van der Waals surface area contributed by atoms with Crippen molar-refractivity contribution in [1.82, 2.24) is 5.32 Å². The predicted molar refractivity (Wildman–Crippen MR) is 210 cm³/mol. The lowest BCUT2D eigenvalue weighted by atomic mass is 9.78. The summed E-state index contributed by atoms with van der Waals surface area (Å²) in [6, 6.07) is 0. The number of benzene rings is 1. The molecule has 1 aromatic carbocycles. The van der Waals surface area contributed by atoms with E-state index in [0.29, 0.717) is 12.8 Å². The van der Waals surface area contributed by atoms with Gasteiger partial charge >= 0.3 is 17.7 Å². The Bertz CT molecular complexity index is 1970. The number of aliphatic hydroxyl groups is 2. The molecule has 9 unspecified atom stereocenters. The van der Waals surface area contributed by atoms with Crippen LogP contribution in [-0.4, -0.2) is 82.7 Å². The topological polar surface area (TPSA) is 201 Å². The number of allylic oxidation sites excluding steroid dienone is 4. The number of fused-ring (bicyclic) bond motifs is 14. The van der Waals surface area contributed by atoms with Gasteiger partial charge in [0, 0.05) is 61.8 Å². The van der Waals surface area contributed by atoms with Crippen LogP contribution in [0.4, 0.5) is 0 Å². The molecule has 3 aliphatic heterocycles. The average molecular weight is 806 g/mol. The van der Waals surface area contributed by atoms with Gasteiger partial charge in [-0.15, -0.1) is 0 Å². The molecule has 58 heavy (non-hydrogen) atoms. The van der Waals surface area contributed by atoms with Crippen LogP contribution in [0.3, 0.4) is 0 Å². The first kappa shape index (κ1) is 44.2. The summed E-state index contributed by atoms with van der Waals surface area (Å²) >= 11 is 0. The van der Waals surface area contributed by atoms with E-state index < -0.39 is 95.0 Å². The summed E-state index contributed by atoms with van der Waals surface area (Å²) in [5, 5.41) is 25.3. The van der Waals surface area contributed by atoms with E-state index in [1.165, 1.54) is 53.2 Å². The molecule has 2 aliphatic carbocycles. The second kappa shape index (κ2) is 17.9. The van der Waals surface area contributed by atoms with Crippen molar-refractivity contribution < 1.29 is 62.7 Å². The fourth-order valence-electron chi connectivity index (χ4n) is 8.26. The molecule has 9 atom stereocenters. The summed E-state index contributed by atoms with van der Waals surface area (Å²) in [4.78, 5) is 82.0. The number of esters is 2. The van der Waals surface area contributed by atoms with Gasteiger partial charge in [-0.2, -0.15) is 0 Å². The first-order chi connectivity index (χ1) is 27.3. The van der Waals surface area contributed by atoms with Crippen LogP contribution in [0.2, 0.25) is 0 Å². The Morgan fingerprint density at radius 2 is 1.57 bits per heavy atom. The van der Waals surface area contributed by atoms with Gasteiger partial charge in [-0.05, 0) is 32.8 Å². The van der Waals surface area contributed by atoms with Gasteiger partial charge in [-0.3, -0.25) is 28.8 Å². The number of ketones is 3. The number of hydrogen-bond acceptors (Lipinski definition) is 13. The number of rotatable bonds is 4. The maximum Gasteiger partial charge on any atom is 0.314 e. The summed E-state index contributed by atoms with van der Waals surface area (Å²) < 4.78 is 29.6. The van der Waals surface area contributed by atoms with Gasteiger partial charge in [0.05, 0.1) is 52.9 Å². The number of methoxy groups -OCH3 is 1. The largest absolute Gasteiger partial charge is 0.462 e. The molecule has 14 nitrogen and oxygen atoms in total. The minimum atomic E-state index is -2.07. The predicted octanol–water partition coefficient (Wildman–Crippen LogP) is 5.41. The van der Waals surface area contributed by atoms with Crippen molar-refractivity contribution >= 4 is 35.2 Å². The Kier molecular flexibility index (Phi) is 13.7. The van der Waals surface area contributed by atoms with E-state index >= 15 is 0 Å². The van der Waals surface area contributed by atoms with Gasteiger partial charge in [-0.1, -0.05) is 65.2 Å². The number of Topliss-reactive ketones (excluding diaryl/α,β-unsaturated/α-hetero) is 2. The maximum absolute atomic E-state index is 14.3. The molecule has 5 aliphatic rings. The molecule has 1 fully saturated rings. The third kappa shape index (κ3) is 8.74. The zero-order chi connectivity index (χ0) is 42.8. The Labute approximate surface area is 338 Å². The van der Waals surface area contributed by atoms with Crippen LogP contribution in [-0.2, 0) is 28.6 Å². The zero-order valence-corrected chi connectivity index (χ0v) is 34.6. The molecule has 6 rings (SSSR count). The van der Waals surface area contributed by atoms with E-state index in [1.54, 1.807) is 39.8 Å².